The Hall–Kier alpha value is -3.09. The van der Waals surface area contributed by atoms with Crippen molar-refractivity contribution in [3.05, 3.63) is 72.1 Å². The van der Waals surface area contributed by atoms with E-state index in [1.807, 2.05) is 6.07 Å². The Bertz CT molecular complexity index is 954. The summed E-state index contributed by atoms with van der Waals surface area (Å²) in [5.74, 6) is 0.973. The summed E-state index contributed by atoms with van der Waals surface area (Å²) in [5, 5.41) is 0. The van der Waals surface area contributed by atoms with Crippen molar-refractivity contribution in [3.63, 3.8) is 0 Å². The number of rotatable bonds is 2. The zero-order valence-electron chi connectivity index (χ0n) is 15.5. The summed E-state index contributed by atoms with van der Waals surface area (Å²) >= 11 is 0. The normalized spacial score (nSPS) is 18.2. The van der Waals surface area contributed by atoms with Crippen molar-refractivity contribution in [2.45, 2.75) is 24.8 Å². The molecule has 1 saturated heterocycles. The molecule has 0 atom stereocenters. The summed E-state index contributed by atoms with van der Waals surface area (Å²) in [6.45, 7) is 3.39. The van der Waals surface area contributed by atoms with Crippen molar-refractivity contribution in [1.29, 1.82) is 0 Å². The average molecular weight is 376 g/mol. The first-order valence-corrected chi connectivity index (χ1v) is 9.56. The molecule has 0 radical (unpaired) electrons. The van der Waals surface area contributed by atoms with Crippen molar-refractivity contribution < 1.29 is 4.39 Å². The highest BCUT2D eigenvalue weighted by Gasteiger charge is 2.42. The van der Waals surface area contributed by atoms with E-state index in [9.17, 15) is 4.39 Å². The zero-order chi connectivity index (χ0) is 19.0. The van der Waals surface area contributed by atoms with Crippen molar-refractivity contribution in [3.8, 4) is 0 Å². The van der Waals surface area contributed by atoms with Gasteiger partial charge in [0.15, 0.2) is 5.82 Å². The zero-order valence-corrected chi connectivity index (χ0v) is 15.5. The van der Waals surface area contributed by atoms with Crippen LogP contribution in [0.25, 0.3) is 0 Å². The van der Waals surface area contributed by atoms with Crippen LogP contribution < -0.4 is 9.80 Å². The smallest absolute Gasteiger partial charge is 0.225 e. The van der Waals surface area contributed by atoms with Gasteiger partial charge in [-0.15, -0.1) is 0 Å². The molecule has 2 aliphatic rings. The number of fused-ring (bicyclic) bond motifs is 2. The van der Waals surface area contributed by atoms with Gasteiger partial charge in [-0.25, -0.2) is 24.3 Å². The van der Waals surface area contributed by atoms with Gasteiger partial charge in [-0.05, 0) is 30.0 Å². The minimum atomic E-state index is -0.406. The van der Waals surface area contributed by atoms with Crippen molar-refractivity contribution in [2.24, 2.45) is 0 Å². The van der Waals surface area contributed by atoms with Crippen LogP contribution in [0.5, 0.6) is 0 Å². The standard InChI is InChI=1S/C21H21FN6/c22-17-12-25-20(26-13-17)27-10-6-21(7-11-27)15-28(19-23-8-3-9-24-19)14-16-4-1-2-5-18(16)21/h1-5,8-9,12-13H,6-7,10-11,14-15H2. The summed E-state index contributed by atoms with van der Waals surface area (Å²) < 4.78 is 13.1. The molecule has 0 amide bonds. The first-order chi connectivity index (χ1) is 13.7. The van der Waals surface area contributed by atoms with Crippen LogP contribution in [-0.2, 0) is 12.0 Å². The summed E-state index contributed by atoms with van der Waals surface area (Å²) in [6.07, 6.45) is 8.02. The van der Waals surface area contributed by atoms with Crippen LogP contribution in [0, 0.1) is 5.82 Å². The molecule has 4 heterocycles. The molecule has 2 aliphatic heterocycles. The van der Waals surface area contributed by atoms with E-state index in [1.165, 1.54) is 23.5 Å². The number of hydrogen-bond acceptors (Lipinski definition) is 6. The minimum Gasteiger partial charge on any atom is -0.341 e. The molecule has 2 aromatic heterocycles. The van der Waals surface area contributed by atoms with E-state index >= 15 is 0 Å². The van der Waals surface area contributed by atoms with Gasteiger partial charge in [0.1, 0.15) is 0 Å². The van der Waals surface area contributed by atoms with Gasteiger partial charge in [0.25, 0.3) is 0 Å². The average Bonchev–Trinajstić information content (AvgIpc) is 2.76. The molecular formula is C21H21FN6. The van der Waals surface area contributed by atoms with Crippen LogP contribution in [0.2, 0.25) is 0 Å². The van der Waals surface area contributed by atoms with E-state index in [4.69, 9.17) is 0 Å². The first-order valence-electron chi connectivity index (χ1n) is 9.56. The predicted octanol–water partition coefficient (Wildman–Crippen LogP) is 2.96. The lowest BCUT2D eigenvalue weighted by Crippen LogP contribution is -2.52. The van der Waals surface area contributed by atoms with E-state index in [1.54, 1.807) is 12.4 Å². The van der Waals surface area contributed by atoms with Gasteiger partial charge in [0, 0.05) is 44.0 Å². The van der Waals surface area contributed by atoms with E-state index in [2.05, 4.69) is 54.0 Å². The van der Waals surface area contributed by atoms with E-state index in [-0.39, 0.29) is 5.41 Å². The van der Waals surface area contributed by atoms with Crippen LogP contribution in [0.15, 0.2) is 55.1 Å². The molecule has 28 heavy (non-hydrogen) atoms. The van der Waals surface area contributed by atoms with E-state index in [0.717, 1.165) is 45.0 Å². The Morgan fingerprint density at radius 1 is 0.821 bits per heavy atom. The Balaban J connectivity index is 1.44. The Morgan fingerprint density at radius 3 is 2.25 bits per heavy atom. The molecule has 6 nitrogen and oxygen atoms in total. The number of anilines is 2. The van der Waals surface area contributed by atoms with Crippen LogP contribution in [0.3, 0.4) is 0 Å². The lowest BCUT2D eigenvalue weighted by molar-refractivity contribution is 0.312. The van der Waals surface area contributed by atoms with Crippen LogP contribution >= 0.6 is 0 Å². The van der Waals surface area contributed by atoms with Crippen LogP contribution in [0.4, 0.5) is 16.3 Å². The quantitative estimate of drug-likeness (QED) is 0.685. The van der Waals surface area contributed by atoms with Gasteiger partial charge in [-0.2, -0.15) is 0 Å². The second kappa shape index (κ2) is 6.82. The summed E-state index contributed by atoms with van der Waals surface area (Å²) in [4.78, 5) is 21.7. The third-order valence-corrected chi connectivity index (χ3v) is 5.89. The SMILES string of the molecule is Fc1cnc(N2CCC3(CC2)CN(c2ncccn2)Cc2ccccc23)nc1. The predicted molar refractivity (Wildman–Crippen MR) is 105 cm³/mol. The largest absolute Gasteiger partial charge is 0.341 e. The van der Waals surface area contributed by atoms with E-state index < -0.39 is 5.82 Å². The Kier molecular flexibility index (Phi) is 4.15. The maximum atomic E-state index is 13.1. The van der Waals surface area contributed by atoms with Gasteiger partial charge in [-0.3, -0.25) is 0 Å². The lowest BCUT2D eigenvalue weighted by atomic mass is 9.69. The molecule has 7 heteroatoms. The maximum absolute atomic E-state index is 13.1. The van der Waals surface area contributed by atoms with Gasteiger partial charge < -0.3 is 9.80 Å². The second-order valence-corrected chi connectivity index (χ2v) is 7.53. The molecule has 0 bridgehead atoms. The molecule has 0 saturated carbocycles. The minimum absolute atomic E-state index is 0.0462. The Labute approximate surface area is 163 Å². The molecule has 0 unspecified atom stereocenters. The molecular weight excluding hydrogens is 355 g/mol. The topological polar surface area (TPSA) is 58.0 Å². The lowest BCUT2D eigenvalue weighted by Gasteiger charge is -2.48. The number of hydrogen-bond donors (Lipinski definition) is 0. The molecule has 5 rings (SSSR count). The molecule has 0 N–H and O–H groups in total. The highest BCUT2D eigenvalue weighted by Crippen LogP contribution is 2.42. The van der Waals surface area contributed by atoms with Gasteiger partial charge in [-0.1, -0.05) is 24.3 Å². The maximum Gasteiger partial charge on any atom is 0.225 e. The third kappa shape index (κ3) is 2.96. The highest BCUT2D eigenvalue weighted by atomic mass is 19.1. The highest BCUT2D eigenvalue weighted by molar-refractivity contribution is 5.47. The number of nitrogens with zero attached hydrogens (tertiary/aromatic N) is 6. The fourth-order valence-electron chi connectivity index (χ4n) is 4.51. The number of benzene rings is 1. The fraction of sp³-hybridized carbons (Fsp3) is 0.333. The third-order valence-electron chi connectivity index (χ3n) is 5.89. The second-order valence-electron chi connectivity index (χ2n) is 7.53. The van der Waals surface area contributed by atoms with E-state index in [0.29, 0.717) is 5.95 Å². The van der Waals surface area contributed by atoms with Gasteiger partial charge in [0.2, 0.25) is 11.9 Å². The summed E-state index contributed by atoms with van der Waals surface area (Å²) in [6, 6.07) is 10.6. The molecule has 142 valence electrons. The number of aromatic nitrogens is 4. The van der Waals surface area contributed by atoms with Crippen LogP contribution in [-0.4, -0.2) is 39.6 Å². The fourth-order valence-corrected chi connectivity index (χ4v) is 4.51. The molecule has 1 fully saturated rings. The first kappa shape index (κ1) is 17.0. The summed E-state index contributed by atoms with van der Waals surface area (Å²) in [7, 11) is 0. The van der Waals surface area contributed by atoms with Crippen LogP contribution in [0.1, 0.15) is 24.0 Å². The molecule has 3 aromatic rings. The van der Waals surface area contributed by atoms with Gasteiger partial charge >= 0.3 is 0 Å². The van der Waals surface area contributed by atoms with Crippen molar-refractivity contribution >= 4 is 11.9 Å². The van der Waals surface area contributed by atoms with Crippen molar-refractivity contribution in [2.75, 3.05) is 29.4 Å². The number of piperidine rings is 1. The Morgan fingerprint density at radius 2 is 1.50 bits per heavy atom. The summed E-state index contributed by atoms with van der Waals surface area (Å²) in [5.41, 5.74) is 2.82. The monoisotopic (exact) mass is 376 g/mol. The molecule has 0 aliphatic carbocycles. The molecule has 1 aromatic carbocycles. The van der Waals surface area contributed by atoms with Gasteiger partial charge in [0.05, 0.1) is 12.4 Å². The number of halogens is 1. The molecule has 1 spiro atoms. The van der Waals surface area contributed by atoms with Crippen molar-refractivity contribution in [1.82, 2.24) is 19.9 Å².